The number of carboxylic acid groups (broad SMARTS) is 1. The predicted molar refractivity (Wildman–Crippen MR) is 104 cm³/mol. The van der Waals surface area contributed by atoms with Gasteiger partial charge in [0.15, 0.2) is 11.6 Å². The number of nitrogens with zero attached hydrogens (tertiary/aromatic N) is 1. The van der Waals surface area contributed by atoms with Gasteiger partial charge in [0.05, 0.1) is 17.7 Å². The van der Waals surface area contributed by atoms with Crippen LogP contribution in [0.3, 0.4) is 0 Å². The minimum absolute atomic E-state index is 0.0997. The molecular weight excluding hydrogens is 376 g/mol. The van der Waals surface area contributed by atoms with Crippen molar-refractivity contribution in [3.63, 3.8) is 0 Å². The van der Waals surface area contributed by atoms with Crippen LogP contribution >= 0.6 is 0 Å². The van der Waals surface area contributed by atoms with Gasteiger partial charge in [-0.15, -0.1) is 0 Å². The van der Waals surface area contributed by atoms with Crippen LogP contribution in [0, 0.1) is 17.6 Å². The Labute approximate surface area is 168 Å². The molecule has 2 aromatic rings. The van der Waals surface area contributed by atoms with E-state index in [0.717, 1.165) is 42.0 Å². The third-order valence-electron chi connectivity index (χ3n) is 6.46. The third kappa shape index (κ3) is 3.45. The number of halogens is 2. The van der Waals surface area contributed by atoms with Gasteiger partial charge in [0.25, 0.3) is 0 Å². The predicted octanol–water partition coefficient (Wildman–Crippen LogP) is 4.65. The Morgan fingerprint density at radius 3 is 2.66 bits per heavy atom. The van der Waals surface area contributed by atoms with Crippen LogP contribution in [0.4, 0.5) is 14.5 Å². The Kier molecular flexibility index (Phi) is 4.45. The number of hydrogen-bond acceptors (Lipinski definition) is 3. The molecule has 3 aliphatic rings. The number of carboxylic acids is 1. The van der Waals surface area contributed by atoms with E-state index in [1.807, 2.05) is 17.0 Å². The van der Waals surface area contributed by atoms with E-state index in [9.17, 15) is 13.6 Å². The van der Waals surface area contributed by atoms with E-state index in [1.165, 1.54) is 0 Å². The molecule has 6 heteroatoms. The highest BCUT2D eigenvalue weighted by Crippen LogP contribution is 2.48. The molecule has 0 spiro atoms. The SMILES string of the molecule is O=C(O)[C@@H]1C[C@H]1c1ccc2c(c1)CCN(c1cc(OC3CCC3)cc(F)c1F)C2. The summed E-state index contributed by atoms with van der Waals surface area (Å²) in [6, 6.07) is 8.81. The largest absolute Gasteiger partial charge is 0.490 e. The first-order valence-corrected chi connectivity index (χ1v) is 10.2. The van der Waals surface area contributed by atoms with Crippen LogP contribution in [-0.2, 0) is 17.8 Å². The van der Waals surface area contributed by atoms with Gasteiger partial charge in [0.1, 0.15) is 5.75 Å². The standard InChI is InChI=1S/C23H23F2NO3/c24-20-9-17(29-16-2-1-3-16)10-21(22(20)25)26-7-6-13-8-14(4-5-15(13)12-26)18-11-19(18)23(27)28/h4-5,8-10,16,18-19H,1-3,6-7,11-12H2,(H,27,28)/t18-,19+/m0/s1. The highest BCUT2D eigenvalue weighted by atomic mass is 19.2. The maximum Gasteiger partial charge on any atom is 0.307 e. The van der Waals surface area contributed by atoms with E-state index < -0.39 is 17.6 Å². The van der Waals surface area contributed by atoms with Gasteiger partial charge in [0, 0.05) is 25.2 Å². The molecule has 29 heavy (non-hydrogen) atoms. The fourth-order valence-corrected chi connectivity index (χ4v) is 4.38. The summed E-state index contributed by atoms with van der Waals surface area (Å²) in [7, 11) is 0. The van der Waals surface area contributed by atoms with Gasteiger partial charge < -0.3 is 14.7 Å². The van der Waals surface area contributed by atoms with E-state index in [4.69, 9.17) is 9.84 Å². The summed E-state index contributed by atoms with van der Waals surface area (Å²) in [5.41, 5.74) is 3.54. The average molecular weight is 399 g/mol. The molecule has 2 saturated carbocycles. The van der Waals surface area contributed by atoms with E-state index in [-0.39, 0.29) is 23.6 Å². The normalized spacial score (nSPS) is 23.3. The first-order valence-electron chi connectivity index (χ1n) is 10.2. The van der Waals surface area contributed by atoms with Crippen LogP contribution in [0.5, 0.6) is 5.75 Å². The van der Waals surface area contributed by atoms with E-state index in [0.29, 0.717) is 31.7 Å². The minimum Gasteiger partial charge on any atom is -0.490 e. The van der Waals surface area contributed by atoms with Crippen molar-refractivity contribution in [2.24, 2.45) is 5.92 Å². The molecule has 2 atom stereocenters. The summed E-state index contributed by atoms with van der Waals surface area (Å²) >= 11 is 0. The quantitative estimate of drug-likeness (QED) is 0.795. The maximum atomic E-state index is 14.5. The van der Waals surface area contributed by atoms with Crippen molar-refractivity contribution in [1.82, 2.24) is 0 Å². The molecule has 2 aromatic carbocycles. The number of benzene rings is 2. The lowest BCUT2D eigenvalue weighted by molar-refractivity contribution is -0.138. The lowest BCUT2D eigenvalue weighted by Gasteiger charge is -2.32. The second-order valence-corrected chi connectivity index (χ2v) is 8.40. The summed E-state index contributed by atoms with van der Waals surface area (Å²) in [6.45, 7) is 1.07. The third-order valence-corrected chi connectivity index (χ3v) is 6.46. The number of anilines is 1. The molecule has 2 fully saturated rings. The minimum atomic E-state index is -0.883. The molecule has 1 N–H and O–H groups in total. The van der Waals surface area contributed by atoms with Gasteiger partial charge in [-0.05, 0) is 54.7 Å². The molecular formula is C23H23F2NO3. The molecule has 1 aliphatic heterocycles. The monoisotopic (exact) mass is 399 g/mol. The first-order chi connectivity index (χ1) is 14.0. The molecule has 0 aromatic heterocycles. The molecule has 0 radical (unpaired) electrons. The van der Waals surface area contributed by atoms with E-state index in [2.05, 4.69) is 6.07 Å². The molecule has 152 valence electrons. The van der Waals surface area contributed by atoms with Gasteiger partial charge >= 0.3 is 5.97 Å². The lowest BCUT2D eigenvalue weighted by atomic mass is 9.95. The summed E-state index contributed by atoms with van der Waals surface area (Å²) in [5, 5.41) is 9.15. The fraction of sp³-hybridized carbons (Fsp3) is 0.435. The number of ether oxygens (including phenoxy) is 1. The zero-order valence-corrected chi connectivity index (χ0v) is 16.0. The van der Waals surface area contributed by atoms with Crippen molar-refractivity contribution in [2.45, 2.75) is 50.7 Å². The van der Waals surface area contributed by atoms with Crippen LogP contribution < -0.4 is 9.64 Å². The summed E-state index contributed by atoms with van der Waals surface area (Å²) < 4.78 is 34.5. The molecule has 0 saturated heterocycles. The van der Waals surface area contributed by atoms with Gasteiger partial charge in [-0.3, -0.25) is 4.79 Å². The Bertz CT molecular complexity index is 973. The van der Waals surface area contributed by atoms with Gasteiger partial charge in [-0.25, -0.2) is 8.78 Å². The Balaban J connectivity index is 1.36. The summed E-state index contributed by atoms with van der Waals surface area (Å²) in [6.07, 6.45) is 4.53. The number of hydrogen-bond donors (Lipinski definition) is 1. The molecule has 0 amide bonds. The molecule has 5 rings (SSSR count). The highest BCUT2D eigenvalue weighted by Gasteiger charge is 2.44. The summed E-state index contributed by atoms with van der Waals surface area (Å²) in [5.74, 6) is -2.25. The maximum absolute atomic E-state index is 14.5. The first kappa shape index (κ1) is 18.4. The lowest BCUT2D eigenvalue weighted by Crippen LogP contribution is -2.31. The Morgan fingerprint density at radius 1 is 1.14 bits per heavy atom. The van der Waals surface area contributed by atoms with Gasteiger partial charge in [0.2, 0.25) is 0 Å². The fourth-order valence-electron chi connectivity index (χ4n) is 4.38. The molecule has 0 unspecified atom stereocenters. The smallest absolute Gasteiger partial charge is 0.307 e. The topological polar surface area (TPSA) is 49.8 Å². The zero-order valence-electron chi connectivity index (χ0n) is 16.0. The van der Waals surface area contributed by atoms with Crippen LogP contribution in [0.15, 0.2) is 30.3 Å². The van der Waals surface area contributed by atoms with Crippen molar-refractivity contribution in [3.8, 4) is 5.75 Å². The van der Waals surface area contributed by atoms with E-state index in [1.54, 1.807) is 6.07 Å². The zero-order chi connectivity index (χ0) is 20.1. The highest BCUT2D eigenvalue weighted by molar-refractivity contribution is 5.75. The van der Waals surface area contributed by atoms with Gasteiger partial charge in [-0.1, -0.05) is 18.2 Å². The van der Waals surface area contributed by atoms with Crippen molar-refractivity contribution >= 4 is 11.7 Å². The number of rotatable bonds is 5. The van der Waals surface area contributed by atoms with Crippen LogP contribution in [0.2, 0.25) is 0 Å². The van der Waals surface area contributed by atoms with Crippen molar-refractivity contribution < 1.29 is 23.4 Å². The van der Waals surface area contributed by atoms with Crippen LogP contribution in [0.25, 0.3) is 0 Å². The van der Waals surface area contributed by atoms with Crippen LogP contribution in [-0.4, -0.2) is 23.7 Å². The Hall–Kier alpha value is -2.63. The van der Waals surface area contributed by atoms with Crippen molar-refractivity contribution in [1.29, 1.82) is 0 Å². The van der Waals surface area contributed by atoms with Gasteiger partial charge in [-0.2, -0.15) is 0 Å². The van der Waals surface area contributed by atoms with Crippen LogP contribution in [0.1, 0.15) is 48.3 Å². The number of aliphatic carboxylic acids is 1. The van der Waals surface area contributed by atoms with Crippen molar-refractivity contribution in [3.05, 3.63) is 58.7 Å². The second kappa shape index (κ2) is 7.01. The molecule has 4 nitrogen and oxygen atoms in total. The van der Waals surface area contributed by atoms with Crippen molar-refractivity contribution in [2.75, 3.05) is 11.4 Å². The van der Waals surface area contributed by atoms with E-state index >= 15 is 0 Å². The molecule has 0 bridgehead atoms. The summed E-state index contributed by atoms with van der Waals surface area (Å²) in [4.78, 5) is 13.0. The average Bonchev–Trinajstić information content (AvgIpc) is 3.47. The molecule has 2 aliphatic carbocycles. The number of fused-ring (bicyclic) bond motifs is 1. The molecule has 1 heterocycles. The number of carbonyl (C=O) groups is 1. The second-order valence-electron chi connectivity index (χ2n) is 8.40. The Morgan fingerprint density at radius 2 is 1.97 bits per heavy atom.